The van der Waals surface area contributed by atoms with Gasteiger partial charge in [0.25, 0.3) is 5.69 Å². The Hall–Kier alpha value is -2.46. The van der Waals surface area contributed by atoms with Gasteiger partial charge in [0.05, 0.1) is 22.5 Å². The van der Waals surface area contributed by atoms with E-state index in [2.05, 4.69) is 0 Å². The number of nitriles is 1. The van der Waals surface area contributed by atoms with Gasteiger partial charge >= 0.3 is 0 Å². The van der Waals surface area contributed by atoms with Crippen molar-refractivity contribution in [1.82, 2.24) is 5.32 Å². The van der Waals surface area contributed by atoms with Crippen LogP contribution in [0.15, 0.2) is 18.2 Å². The molecule has 1 aromatic rings. The Morgan fingerprint density at radius 3 is 2.53 bits per heavy atom. The van der Waals surface area contributed by atoms with Gasteiger partial charge in [0.15, 0.2) is 0 Å². The quantitative estimate of drug-likeness (QED) is 0.372. The van der Waals surface area contributed by atoms with Crippen LogP contribution in [0.25, 0.3) is 0 Å². The summed E-state index contributed by atoms with van der Waals surface area (Å²) in [6.45, 7) is 0. The molecule has 19 heavy (non-hydrogen) atoms. The minimum atomic E-state index is -1.20. The second kappa shape index (κ2) is 4.66. The number of carbonyl (C=O) groups excluding carboxylic acids is 2. The molecular weight excluding hydrogens is 274 g/mol. The van der Waals surface area contributed by atoms with Crippen LogP contribution in [0.3, 0.4) is 0 Å². The number of hydrogen-bond acceptors (Lipinski definition) is 5. The van der Waals surface area contributed by atoms with Gasteiger partial charge in [0.2, 0.25) is 11.8 Å². The first kappa shape index (κ1) is 13.0. The number of nitro benzene ring substituents is 1. The van der Waals surface area contributed by atoms with Crippen molar-refractivity contribution in [3.05, 3.63) is 39.4 Å². The number of halogens is 1. The summed E-state index contributed by atoms with van der Waals surface area (Å²) in [5.41, 5.74) is -0.293. The Balaban J connectivity index is 2.57. The van der Waals surface area contributed by atoms with Crippen molar-refractivity contribution in [3.8, 4) is 6.07 Å². The number of nitrogens with one attached hydrogen (secondary N) is 1. The van der Waals surface area contributed by atoms with E-state index in [0.29, 0.717) is 0 Å². The summed E-state index contributed by atoms with van der Waals surface area (Å²) >= 11 is 5.79. The number of amides is 2. The van der Waals surface area contributed by atoms with Crippen LogP contribution in [0.5, 0.6) is 0 Å². The topological polar surface area (TPSA) is 113 Å². The Kier molecular flexibility index (Phi) is 3.19. The number of alkyl halides is 1. The van der Waals surface area contributed by atoms with E-state index in [1.54, 1.807) is 6.07 Å². The molecule has 1 aromatic carbocycles. The number of imide groups is 1. The average molecular weight is 280 g/mol. The Morgan fingerprint density at radius 1 is 1.37 bits per heavy atom. The smallest absolute Gasteiger partial charge is 0.274 e. The minimum Gasteiger partial charge on any atom is -0.295 e. The minimum absolute atomic E-state index is 0.0207. The first-order valence-corrected chi connectivity index (χ1v) is 5.56. The lowest BCUT2D eigenvalue weighted by molar-refractivity contribution is -0.385. The molecule has 2 rings (SSSR count). The number of benzene rings is 1. The standard InChI is InChI=1S/C11H6ClN3O4/c12-9-8(10(16)14-11(9)17)6-2-1-5(4-13)3-7(6)15(18)19/h1-3,8-9H,(H,14,16,17). The number of nitrogens with zero attached hydrogens (tertiary/aromatic N) is 2. The lowest BCUT2D eigenvalue weighted by atomic mass is 9.94. The van der Waals surface area contributed by atoms with Gasteiger partial charge in [-0.15, -0.1) is 11.6 Å². The molecule has 0 spiro atoms. The molecule has 1 heterocycles. The van der Waals surface area contributed by atoms with Crippen LogP contribution >= 0.6 is 11.6 Å². The van der Waals surface area contributed by atoms with Crippen molar-refractivity contribution in [1.29, 1.82) is 5.26 Å². The van der Waals surface area contributed by atoms with Gasteiger partial charge in [-0.05, 0) is 12.1 Å². The highest BCUT2D eigenvalue weighted by Crippen LogP contribution is 2.35. The largest absolute Gasteiger partial charge is 0.295 e. The van der Waals surface area contributed by atoms with Crippen LogP contribution < -0.4 is 5.32 Å². The van der Waals surface area contributed by atoms with Crippen LogP contribution in [0.2, 0.25) is 0 Å². The number of carbonyl (C=O) groups is 2. The van der Waals surface area contributed by atoms with Gasteiger partial charge in [-0.25, -0.2) is 0 Å². The molecule has 0 aromatic heterocycles. The fourth-order valence-corrected chi connectivity index (χ4v) is 2.19. The highest BCUT2D eigenvalue weighted by molar-refractivity contribution is 6.37. The van der Waals surface area contributed by atoms with E-state index >= 15 is 0 Å². The van der Waals surface area contributed by atoms with Crippen LogP contribution in [-0.4, -0.2) is 22.1 Å². The summed E-state index contributed by atoms with van der Waals surface area (Å²) in [7, 11) is 0. The zero-order valence-corrected chi connectivity index (χ0v) is 10.0. The summed E-state index contributed by atoms with van der Waals surface area (Å²) in [5.74, 6) is -2.49. The fraction of sp³-hybridized carbons (Fsp3) is 0.182. The van der Waals surface area contributed by atoms with Crippen LogP contribution in [0, 0.1) is 21.4 Å². The molecule has 0 aliphatic carbocycles. The SMILES string of the molecule is N#Cc1ccc(C2C(=O)NC(=O)C2Cl)c([N+](=O)[O-])c1. The van der Waals surface area contributed by atoms with Gasteiger partial charge in [-0.2, -0.15) is 5.26 Å². The molecular formula is C11H6ClN3O4. The van der Waals surface area contributed by atoms with Gasteiger partial charge in [0.1, 0.15) is 5.38 Å². The maximum atomic E-state index is 11.6. The highest BCUT2D eigenvalue weighted by Gasteiger charge is 2.44. The molecule has 2 amide bonds. The van der Waals surface area contributed by atoms with E-state index in [9.17, 15) is 19.7 Å². The summed E-state index contributed by atoms with van der Waals surface area (Å²) in [5, 5.41) is 20.5. The van der Waals surface area contributed by atoms with E-state index in [0.717, 1.165) is 6.07 Å². The molecule has 1 aliphatic rings. The van der Waals surface area contributed by atoms with Crippen molar-refractivity contribution in [2.75, 3.05) is 0 Å². The van der Waals surface area contributed by atoms with E-state index in [1.165, 1.54) is 12.1 Å². The molecule has 1 saturated heterocycles. The summed E-state index contributed by atoms with van der Waals surface area (Å²) in [6.07, 6.45) is 0. The summed E-state index contributed by atoms with van der Waals surface area (Å²) in [4.78, 5) is 33.2. The molecule has 2 unspecified atom stereocenters. The second-order valence-corrected chi connectivity index (χ2v) is 4.35. The predicted octanol–water partition coefficient (Wildman–Crippen LogP) is 0.814. The third kappa shape index (κ3) is 2.13. The molecule has 7 nitrogen and oxygen atoms in total. The summed E-state index contributed by atoms with van der Waals surface area (Å²) in [6, 6.07) is 5.42. The third-order valence-electron chi connectivity index (χ3n) is 2.76. The van der Waals surface area contributed by atoms with Crippen molar-refractivity contribution < 1.29 is 14.5 Å². The van der Waals surface area contributed by atoms with Crippen LogP contribution in [-0.2, 0) is 9.59 Å². The Bertz CT molecular complexity index is 637. The van der Waals surface area contributed by atoms with Crippen molar-refractivity contribution in [3.63, 3.8) is 0 Å². The van der Waals surface area contributed by atoms with Gasteiger partial charge in [-0.3, -0.25) is 25.0 Å². The Labute approximate surface area is 111 Å². The first-order chi connectivity index (χ1) is 8.95. The molecule has 2 atom stereocenters. The molecule has 1 fully saturated rings. The van der Waals surface area contributed by atoms with Gasteiger partial charge in [-0.1, -0.05) is 0 Å². The number of hydrogen-bond donors (Lipinski definition) is 1. The number of nitro groups is 1. The molecule has 0 bridgehead atoms. The monoisotopic (exact) mass is 279 g/mol. The zero-order chi connectivity index (χ0) is 14.2. The lowest BCUT2D eigenvalue weighted by Crippen LogP contribution is -2.22. The van der Waals surface area contributed by atoms with Crippen molar-refractivity contribution in [2.45, 2.75) is 11.3 Å². The molecule has 0 radical (unpaired) electrons. The normalized spacial score (nSPS) is 21.9. The maximum Gasteiger partial charge on any atom is 0.274 e. The molecule has 96 valence electrons. The molecule has 8 heteroatoms. The zero-order valence-electron chi connectivity index (χ0n) is 9.29. The van der Waals surface area contributed by atoms with Crippen LogP contribution in [0.4, 0.5) is 5.69 Å². The molecule has 1 aliphatic heterocycles. The fourth-order valence-electron chi connectivity index (χ4n) is 1.89. The lowest BCUT2D eigenvalue weighted by Gasteiger charge is -2.10. The molecule has 0 saturated carbocycles. The van der Waals surface area contributed by atoms with Crippen molar-refractivity contribution in [2.24, 2.45) is 0 Å². The maximum absolute atomic E-state index is 11.6. The van der Waals surface area contributed by atoms with Crippen LogP contribution in [0.1, 0.15) is 17.0 Å². The average Bonchev–Trinajstić information content (AvgIpc) is 2.62. The van der Waals surface area contributed by atoms with E-state index in [-0.39, 0.29) is 11.1 Å². The second-order valence-electron chi connectivity index (χ2n) is 3.88. The van der Waals surface area contributed by atoms with Gasteiger partial charge < -0.3 is 0 Å². The predicted molar refractivity (Wildman–Crippen MR) is 63.3 cm³/mol. The van der Waals surface area contributed by atoms with E-state index < -0.39 is 33.7 Å². The molecule has 1 N–H and O–H groups in total. The van der Waals surface area contributed by atoms with E-state index in [4.69, 9.17) is 16.9 Å². The highest BCUT2D eigenvalue weighted by atomic mass is 35.5. The van der Waals surface area contributed by atoms with E-state index in [1.807, 2.05) is 5.32 Å². The summed E-state index contributed by atoms with van der Waals surface area (Å²) < 4.78 is 0. The first-order valence-electron chi connectivity index (χ1n) is 5.13. The number of rotatable bonds is 2. The Morgan fingerprint density at radius 2 is 2.05 bits per heavy atom. The van der Waals surface area contributed by atoms with Gasteiger partial charge in [0, 0.05) is 11.6 Å². The third-order valence-corrected chi connectivity index (χ3v) is 3.21. The van der Waals surface area contributed by atoms with Crippen molar-refractivity contribution >= 4 is 29.1 Å².